The number of sulfone groups is 1. The van der Waals surface area contributed by atoms with Gasteiger partial charge in [0.25, 0.3) is 0 Å². The fourth-order valence-corrected chi connectivity index (χ4v) is 1.57. The molecule has 1 rings (SSSR count). The van der Waals surface area contributed by atoms with E-state index in [0.717, 1.165) is 6.26 Å². The molecule has 0 bridgehead atoms. The third kappa shape index (κ3) is 2.99. The van der Waals surface area contributed by atoms with Gasteiger partial charge in [-0.2, -0.15) is 0 Å². The zero-order valence-electron chi connectivity index (χ0n) is 7.73. The number of hydrogen-bond acceptors (Lipinski definition) is 3. The zero-order chi connectivity index (χ0) is 10.6. The summed E-state index contributed by atoms with van der Waals surface area (Å²) in [6.07, 6.45) is 1.13. The lowest BCUT2D eigenvalue weighted by atomic mass is 10.3. The van der Waals surface area contributed by atoms with Gasteiger partial charge in [-0.05, 0) is 24.3 Å². The first-order valence-electron chi connectivity index (χ1n) is 4.03. The van der Waals surface area contributed by atoms with Gasteiger partial charge in [-0.1, -0.05) is 0 Å². The maximum Gasteiger partial charge on any atom is 0.175 e. The number of ether oxygens (including phenoxy) is 1. The average Bonchev–Trinajstić information content (AvgIpc) is 2.14. The molecule has 0 heterocycles. The highest BCUT2D eigenvalue weighted by Gasteiger charge is 2.05. The fourth-order valence-electron chi connectivity index (χ4n) is 0.939. The van der Waals surface area contributed by atoms with Gasteiger partial charge in [0, 0.05) is 6.26 Å². The first kappa shape index (κ1) is 11.0. The lowest BCUT2D eigenvalue weighted by Gasteiger charge is -2.03. The second kappa shape index (κ2) is 4.41. The molecule has 0 aliphatic carbocycles. The highest BCUT2D eigenvalue weighted by atomic mass is 32.2. The van der Waals surface area contributed by atoms with Crippen molar-refractivity contribution in [2.45, 2.75) is 4.90 Å². The lowest BCUT2D eigenvalue weighted by molar-refractivity contribution is 0.273. The molecule has 1 aromatic carbocycles. The van der Waals surface area contributed by atoms with E-state index in [0.29, 0.717) is 5.75 Å². The van der Waals surface area contributed by atoms with Crippen LogP contribution in [0.25, 0.3) is 0 Å². The molecule has 1 aromatic rings. The van der Waals surface area contributed by atoms with Crippen molar-refractivity contribution >= 4 is 9.84 Å². The van der Waals surface area contributed by atoms with Crippen molar-refractivity contribution in [2.24, 2.45) is 0 Å². The van der Waals surface area contributed by atoms with E-state index in [-0.39, 0.29) is 11.5 Å². The quantitative estimate of drug-likeness (QED) is 0.768. The van der Waals surface area contributed by atoms with Gasteiger partial charge in [-0.25, -0.2) is 12.8 Å². The summed E-state index contributed by atoms with van der Waals surface area (Å²) in [5.74, 6) is 0.468. The molecule has 5 heteroatoms. The molecule has 0 fully saturated rings. The van der Waals surface area contributed by atoms with E-state index in [2.05, 4.69) is 0 Å². The molecule has 14 heavy (non-hydrogen) atoms. The van der Waals surface area contributed by atoms with E-state index in [1.54, 1.807) is 0 Å². The Morgan fingerprint density at radius 1 is 1.29 bits per heavy atom. The van der Waals surface area contributed by atoms with Crippen LogP contribution in [0.2, 0.25) is 0 Å². The van der Waals surface area contributed by atoms with Gasteiger partial charge in [0.2, 0.25) is 0 Å². The first-order chi connectivity index (χ1) is 6.54. The van der Waals surface area contributed by atoms with Gasteiger partial charge in [0.1, 0.15) is 19.0 Å². The molecule has 0 aliphatic rings. The number of rotatable bonds is 4. The highest BCUT2D eigenvalue weighted by molar-refractivity contribution is 7.90. The van der Waals surface area contributed by atoms with Crippen LogP contribution >= 0.6 is 0 Å². The van der Waals surface area contributed by atoms with Gasteiger partial charge in [-0.3, -0.25) is 0 Å². The van der Waals surface area contributed by atoms with Crippen LogP contribution in [0.1, 0.15) is 0 Å². The van der Waals surface area contributed by atoms with E-state index in [4.69, 9.17) is 4.74 Å². The fraction of sp³-hybridized carbons (Fsp3) is 0.333. The zero-order valence-corrected chi connectivity index (χ0v) is 8.55. The van der Waals surface area contributed by atoms with Crippen LogP contribution in [-0.4, -0.2) is 28.0 Å². The normalized spacial score (nSPS) is 11.3. The van der Waals surface area contributed by atoms with Crippen molar-refractivity contribution in [1.29, 1.82) is 0 Å². The molecule has 78 valence electrons. The average molecular weight is 218 g/mol. The van der Waals surface area contributed by atoms with E-state index in [1.165, 1.54) is 24.3 Å². The van der Waals surface area contributed by atoms with Gasteiger partial charge in [0.15, 0.2) is 9.84 Å². The monoisotopic (exact) mass is 218 g/mol. The van der Waals surface area contributed by atoms with Gasteiger partial charge in [0.05, 0.1) is 4.90 Å². The lowest BCUT2D eigenvalue weighted by Crippen LogP contribution is -2.00. The van der Waals surface area contributed by atoms with Crippen molar-refractivity contribution in [1.82, 2.24) is 0 Å². The summed E-state index contributed by atoms with van der Waals surface area (Å²) in [7, 11) is -3.17. The first-order valence-corrected chi connectivity index (χ1v) is 5.92. The van der Waals surface area contributed by atoms with Gasteiger partial charge >= 0.3 is 0 Å². The van der Waals surface area contributed by atoms with Gasteiger partial charge in [-0.15, -0.1) is 0 Å². The maximum absolute atomic E-state index is 11.7. The minimum absolute atomic E-state index is 0.0157. The molecule has 0 aromatic heterocycles. The van der Waals surface area contributed by atoms with E-state index < -0.39 is 16.5 Å². The minimum Gasteiger partial charge on any atom is -0.491 e. The largest absolute Gasteiger partial charge is 0.491 e. The summed E-state index contributed by atoms with van der Waals surface area (Å²) in [4.78, 5) is 0.227. The molecule has 0 radical (unpaired) electrons. The Labute approximate surface area is 82.4 Å². The Kier molecular flexibility index (Phi) is 3.46. The Morgan fingerprint density at radius 2 is 1.86 bits per heavy atom. The summed E-state index contributed by atoms with van der Waals surface area (Å²) in [6.45, 7) is -0.577. The third-order valence-electron chi connectivity index (χ3n) is 1.60. The predicted octanol–water partition coefficient (Wildman–Crippen LogP) is 1.44. The van der Waals surface area contributed by atoms with Crippen molar-refractivity contribution in [2.75, 3.05) is 19.5 Å². The summed E-state index contributed by atoms with van der Waals surface area (Å²) in [6, 6.07) is 5.88. The molecule has 3 nitrogen and oxygen atoms in total. The van der Waals surface area contributed by atoms with Crippen LogP contribution in [-0.2, 0) is 9.84 Å². The van der Waals surface area contributed by atoms with E-state index in [1.807, 2.05) is 0 Å². The smallest absolute Gasteiger partial charge is 0.175 e. The van der Waals surface area contributed by atoms with Crippen LogP contribution in [0, 0.1) is 0 Å². The number of alkyl halides is 1. The van der Waals surface area contributed by atoms with Crippen molar-refractivity contribution in [3.8, 4) is 5.75 Å². The summed E-state index contributed by atoms with van der Waals surface area (Å²) in [5, 5.41) is 0. The molecule has 0 unspecified atom stereocenters. The van der Waals surface area contributed by atoms with Crippen molar-refractivity contribution in [3.05, 3.63) is 24.3 Å². The number of halogens is 1. The summed E-state index contributed by atoms with van der Waals surface area (Å²) >= 11 is 0. The van der Waals surface area contributed by atoms with Crippen molar-refractivity contribution in [3.63, 3.8) is 0 Å². The minimum atomic E-state index is -3.17. The van der Waals surface area contributed by atoms with Crippen LogP contribution in [0.5, 0.6) is 5.75 Å². The van der Waals surface area contributed by atoms with Crippen LogP contribution < -0.4 is 4.74 Å². The third-order valence-corrected chi connectivity index (χ3v) is 2.73. The molecule has 0 saturated carbocycles. The molecular formula is C9H11FO3S. The Morgan fingerprint density at radius 3 is 2.29 bits per heavy atom. The Balaban J connectivity index is 2.79. The van der Waals surface area contributed by atoms with Gasteiger partial charge < -0.3 is 4.74 Å². The van der Waals surface area contributed by atoms with Crippen LogP contribution in [0.3, 0.4) is 0 Å². The van der Waals surface area contributed by atoms with Crippen LogP contribution in [0.15, 0.2) is 29.2 Å². The number of benzene rings is 1. The van der Waals surface area contributed by atoms with E-state index in [9.17, 15) is 12.8 Å². The molecular weight excluding hydrogens is 207 g/mol. The molecule has 0 saturated heterocycles. The second-order valence-corrected chi connectivity index (χ2v) is 4.80. The summed E-state index contributed by atoms with van der Waals surface area (Å²) in [5.41, 5.74) is 0. The predicted molar refractivity (Wildman–Crippen MR) is 51.0 cm³/mol. The molecule has 0 atom stereocenters. The second-order valence-electron chi connectivity index (χ2n) is 2.78. The topological polar surface area (TPSA) is 43.4 Å². The Hall–Kier alpha value is -1.10. The summed E-state index contributed by atoms with van der Waals surface area (Å²) < 4.78 is 38.8. The maximum atomic E-state index is 11.7. The SMILES string of the molecule is CS(=O)(=O)c1ccc(OCCF)cc1. The molecule has 0 N–H and O–H groups in total. The molecule has 0 amide bonds. The molecule has 0 aliphatic heterocycles. The van der Waals surface area contributed by atoms with Crippen molar-refractivity contribution < 1.29 is 17.5 Å². The van der Waals surface area contributed by atoms with Crippen LogP contribution in [0.4, 0.5) is 4.39 Å². The Bertz CT molecular complexity index is 383. The molecule has 0 spiro atoms. The number of hydrogen-bond donors (Lipinski definition) is 0. The standard InChI is InChI=1S/C9H11FO3S/c1-14(11,12)9-4-2-8(3-5-9)13-7-6-10/h2-5H,6-7H2,1H3. The van der Waals surface area contributed by atoms with E-state index >= 15 is 0 Å². The highest BCUT2D eigenvalue weighted by Crippen LogP contribution is 2.15.